The zero-order valence-electron chi connectivity index (χ0n) is 27.1. The molecule has 0 N–H and O–H groups in total. The number of nitrogens with zero attached hydrogens (tertiary/aromatic N) is 4. The summed E-state index contributed by atoms with van der Waals surface area (Å²) >= 11 is 1.67. The molecule has 7 nitrogen and oxygen atoms in total. The molecular weight excluding hydrogens is 496 g/mol. The van der Waals surface area contributed by atoms with Crippen molar-refractivity contribution in [3.05, 3.63) is 21.8 Å². The Morgan fingerprint density at radius 2 is 1.37 bits per heavy atom. The zero-order chi connectivity index (χ0) is 29.7. The molecule has 0 radical (unpaired) electrons. The summed E-state index contributed by atoms with van der Waals surface area (Å²) in [7, 11) is 0. The van der Waals surface area contributed by atoms with Crippen LogP contribution in [0.2, 0.25) is 0 Å². The molecule has 2 saturated heterocycles. The summed E-state index contributed by atoms with van der Waals surface area (Å²) in [5, 5.41) is 17.6. The maximum Gasteiger partial charge on any atom is 0.219 e. The van der Waals surface area contributed by atoms with Gasteiger partial charge in [-0.25, -0.2) is 0 Å². The molecule has 2 aromatic rings. The van der Waals surface area contributed by atoms with Crippen molar-refractivity contribution < 1.29 is 13.9 Å². The van der Waals surface area contributed by atoms with Crippen LogP contribution in [0, 0.1) is 31.6 Å². The minimum Gasteiger partial charge on any atom is -0.425 e. The first-order valence-corrected chi connectivity index (χ1v) is 15.6. The van der Waals surface area contributed by atoms with E-state index in [4.69, 9.17) is 13.9 Å². The van der Waals surface area contributed by atoms with Gasteiger partial charge in [-0.15, -0.1) is 31.7 Å². The third kappa shape index (κ3) is 18.0. The van der Waals surface area contributed by atoms with Gasteiger partial charge in [-0.3, -0.25) is 0 Å². The first-order chi connectivity index (χ1) is 18.0. The van der Waals surface area contributed by atoms with E-state index < -0.39 is 0 Å². The van der Waals surface area contributed by atoms with Crippen LogP contribution in [-0.4, -0.2) is 46.3 Å². The molecule has 0 aliphatic carbocycles. The van der Waals surface area contributed by atoms with Gasteiger partial charge in [0.2, 0.25) is 11.8 Å². The van der Waals surface area contributed by atoms with Crippen LogP contribution in [0.15, 0.2) is 4.42 Å². The smallest absolute Gasteiger partial charge is 0.219 e. The third-order valence-corrected chi connectivity index (χ3v) is 6.83. The van der Waals surface area contributed by atoms with Gasteiger partial charge in [0.1, 0.15) is 10.0 Å². The van der Waals surface area contributed by atoms with E-state index in [0.717, 1.165) is 47.6 Å². The van der Waals surface area contributed by atoms with Crippen LogP contribution in [0.1, 0.15) is 136 Å². The highest BCUT2D eigenvalue weighted by Crippen LogP contribution is 2.20. The van der Waals surface area contributed by atoms with Crippen molar-refractivity contribution in [3.8, 4) is 0 Å². The van der Waals surface area contributed by atoms with Crippen molar-refractivity contribution in [2.75, 3.05) is 19.8 Å². The van der Waals surface area contributed by atoms with Crippen molar-refractivity contribution >= 4 is 11.3 Å². The van der Waals surface area contributed by atoms with Crippen molar-refractivity contribution in [2.45, 2.75) is 134 Å². The van der Waals surface area contributed by atoms with E-state index in [1.165, 1.54) is 19.3 Å². The fourth-order valence-corrected chi connectivity index (χ4v) is 4.00. The van der Waals surface area contributed by atoms with E-state index in [1.54, 1.807) is 18.3 Å². The molecule has 0 saturated carbocycles. The Morgan fingerprint density at radius 3 is 1.58 bits per heavy atom. The van der Waals surface area contributed by atoms with Gasteiger partial charge < -0.3 is 13.9 Å². The van der Waals surface area contributed by atoms with Gasteiger partial charge in [0.15, 0.2) is 0 Å². The molecule has 8 heteroatoms. The molecular formula is C30H60N4O3S. The standard InChI is InChI=1S/2C7H14O.C6H10N2O.C6H10N2S.2C2H6/c1-6(2)7-3-4-8-5-7;1-6(2)7-4-3-5-8-7;2*1-4(2)6-8-7-5(3)9-6;2*1-2/h2*6-7H,3-5H2,1-2H3;2*4H,1-3H3;2*1-2H3. The molecule has 38 heavy (non-hydrogen) atoms. The van der Waals surface area contributed by atoms with Crippen molar-refractivity contribution in [3.63, 3.8) is 0 Å². The minimum atomic E-state index is 0.339. The molecule has 224 valence electrons. The zero-order valence-corrected chi connectivity index (χ0v) is 27.9. The Morgan fingerprint density at radius 1 is 0.737 bits per heavy atom. The highest BCUT2D eigenvalue weighted by Gasteiger charge is 2.18. The van der Waals surface area contributed by atoms with Gasteiger partial charge in [-0.05, 0) is 43.9 Å². The van der Waals surface area contributed by atoms with E-state index in [-0.39, 0.29) is 0 Å². The Bertz CT molecular complexity index is 699. The topological polar surface area (TPSA) is 83.2 Å². The first kappa shape index (κ1) is 38.8. The SMILES string of the molecule is CC.CC.CC(C)C1CCCO1.CC(C)C1CCOC1.Cc1nnc(C(C)C)o1.Cc1nnc(C(C)C)s1. The molecule has 2 aliphatic rings. The molecule has 2 unspecified atom stereocenters. The molecule has 0 amide bonds. The second kappa shape index (κ2) is 23.5. The second-order valence-corrected chi connectivity index (χ2v) is 11.5. The monoisotopic (exact) mass is 556 g/mol. The summed E-state index contributed by atoms with van der Waals surface area (Å²) in [6.07, 6.45) is 4.38. The summed E-state index contributed by atoms with van der Waals surface area (Å²) in [5.74, 6) is 4.60. The average Bonchev–Trinajstić information content (AvgIpc) is 3.71. The Balaban J connectivity index is 0. The summed E-state index contributed by atoms with van der Waals surface area (Å²) in [6.45, 7) is 32.0. The second-order valence-electron chi connectivity index (χ2n) is 10.3. The quantitative estimate of drug-likeness (QED) is 0.371. The summed E-state index contributed by atoms with van der Waals surface area (Å²) in [4.78, 5) is 0. The minimum absolute atomic E-state index is 0.339. The lowest BCUT2D eigenvalue weighted by Crippen LogP contribution is -2.12. The fourth-order valence-electron chi connectivity index (χ4n) is 3.30. The van der Waals surface area contributed by atoms with Gasteiger partial charge in [0, 0.05) is 38.6 Å². The van der Waals surface area contributed by atoms with E-state index in [1.807, 2.05) is 48.5 Å². The van der Waals surface area contributed by atoms with E-state index >= 15 is 0 Å². The largest absolute Gasteiger partial charge is 0.425 e. The Hall–Kier alpha value is -1.38. The van der Waals surface area contributed by atoms with Crippen LogP contribution in [-0.2, 0) is 9.47 Å². The number of aromatic nitrogens is 4. The molecule has 0 aromatic carbocycles. The van der Waals surface area contributed by atoms with Crippen molar-refractivity contribution in [1.29, 1.82) is 0 Å². The number of aryl methyl sites for hydroxylation is 2. The highest BCUT2D eigenvalue weighted by atomic mass is 32.1. The van der Waals surface area contributed by atoms with Crippen LogP contribution in [0.3, 0.4) is 0 Å². The lowest BCUT2D eigenvalue weighted by atomic mass is 9.96. The van der Waals surface area contributed by atoms with Gasteiger partial charge in [-0.1, -0.05) is 83.1 Å². The predicted octanol–water partition coefficient (Wildman–Crippen LogP) is 9.02. The molecule has 0 bridgehead atoms. The van der Waals surface area contributed by atoms with Gasteiger partial charge in [-0.2, -0.15) is 0 Å². The highest BCUT2D eigenvalue weighted by molar-refractivity contribution is 7.11. The maximum absolute atomic E-state index is 5.41. The van der Waals surface area contributed by atoms with Crippen LogP contribution >= 0.6 is 11.3 Å². The Kier molecular flexibility index (Phi) is 24.0. The summed E-state index contributed by atoms with van der Waals surface area (Å²) < 4.78 is 15.8. The molecule has 2 fully saturated rings. The first-order valence-electron chi connectivity index (χ1n) is 14.8. The van der Waals surface area contributed by atoms with Crippen molar-refractivity contribution in [1.82, 2.24) is 20.4 Å². The van der Waals surface area contributed by atoms with E-state index in [9.17, 15) is 0 Å². The molecule has 2 aromatic heterocycles. The lowest BCUT2D eigenvalue weighted by Gasteiger charge is -2.11. The molecule has 4 rings (SSSR count). The van der Waals surface area contributed by atoms with Crippen LogP contribution < -0.4 is 0 Å². The number of hydrogen-bond donors (Lipinski definition) is 0. The van der Waals surface area contributed by atoms with Gasteiger partial charge >= 0.3 is 0 Å². The fraction of sp³-hybridized carbons (Fsp3) is 0.867. The lowest BCUT2D eigenvalue weighted by molar-refractivity contribution is 0.0758. The van der Waals surface area contributed by atoms with E-state index in [2.05, 4.69) is 61.9 Å². The summed E-state index contributed by atoms with van der Waals surface area (Å²) in [6, 6.07) is 0. The maximum atomic E-state index is 5.41. The van der Waals surface area contributed by atoms with Crippen LogP contribution in [0.4, 0.5) is 0 Å². The van der Waals surface area contributed by atoms with Crippen LogP contribution in [0.25, 0.3) is 0 Å². The number of hydrogen-bond acceptors (Lipinski definition) is 8. The van der Waals surface area contributed by atoms with Crippen LogP contribution in [0.5, 0.6) is 0 Å². The summed E-state index contributed by atoms with van der Waals surface area (Å²) in [5.41, 5.74) is 0. The normalized spacial score (nSPS) is 17.8. The molecule has 2 atom stereocenters. The molecule has 0 spiro atoms. The molecule has 4 heterocycles. The average molecular weight is 557 g/mol. The predicted molar refractivity (Wildman–Crippen MR) is 162 cm³/mol. The number of rotatable bonds is 4. The van der Waals surface area contributed by atoms with Gasteiger partial charge in [0.05, 0.1) is 6.10 Å². The van der Waals surface area contributed by atoms with E-state index in [0.29, 0.717) is 29.7 Å². The Labute approximate surface area is 238 Å². The third-order valence-electron chi connectivity index (χ3n) is 5.69. The van der Waals surface area contributed by atoms with Gasteiger partial charge in [0.25, 0.3) is 0 Å². The van der Waals surface area contributed by atoms with Crippen molar-refractivity contribution in [2.24, 2.45) is 17.8 Å². The number of ether oxygens (including phenoxy) is 2. The molecule has 2 aliphatic heterocycles.